The number of ketones is 1. The number of aliphatic hydroxyl groups excluding tert-OH is 2. The molecule has 0 aliphatic rings. The number of nitrogens with two attached hydrogens (primary N) is 1. The zero-order valence-corrected chi connectivity index (χ0v) is 15.1. The maximum atomic E-state index is 12.3. The molecule has 0 spiro atoms. The van der Waals surface area contributed by atoms with Crippen LogP contribution in [0.25, 0.3) is 0 Å². The molecule has 1 amide bonds. The van der Waals surface area contributed by atoms with E-state index in [0.29, 0.717) is 5.56 Å². The van der Waals surface area contributed by atoms with Crippen molar-refractivity contribution < 1.29 is 29.3 Å². The highest BCUT2D eigenvalue weighted by atomic mass is 16.5. The van der Waals surface area contributed by atoms with Gasteiger partial charge >= 0.3 is 5.97 Å². The predicted molar refractivity (Wildman–Crippen MR) is 93.8 cm³/mol. The third kappa shape index (κ3) is 5.91. The number of hydrogen-bond donors (Lipinski definition) is 4. The summed E-state index contributed by atoms with van der Waals surface area (Å²) in [5.41, 5.74) is 6.21. The Hall–Kier alpha value is -2.29. The van der Waals surface area contributed by atoms with E-state index in [1.807, 2.05) is 0 Å². The average Bonchev–Trinajstić information content (AvgIpc) is 2.64. The van der Waals surface area contributed by atoms with Crippen LogP contribution >= 0.6 is 0 Å². The van der Waals surface area contributed by atoms with Crippen molar-refractivity contribution in [3.63, 3.8) is 0 Å². The van der Waals surface area contributed by atoms with E-state index in [0.717, 1.165) is 7.11 Å². The summed E-state index contributed by atoms with van der Waals surface area (Å²) in [6, 6.07) is 5.89. The largest absolute Gasteiger partial charge is 0.467 e. The Kier molecular flexibility index (Phi) is 8.37. The van der Waals surface area contributed by atoms with E-state index in [2.05, 4.69) is 10.1 Å². The van der Waals surface area contributed by atoms with E-state index < -0.39 is 48.4 Å². The molecule has 0 saturated heterocycles. The number of esters is 1. The van der Waals surface area contributed by atoms with Crippen molar-refractivity contribution in [3.05, 3.63) is 35.9 Å². The maximum absolute atomic E-state index is 12.3. The van der Waals surface area contributed by atoms with Gasteiger partial charge in [0.25, 0.3) is 0 Å². The van der Waals surface area contributed by atoms with Crippen molar-refractivity contribution in [2.45, 2.75) is 44.6 Å². The number of Topliss-reactive ketones (excluding diaryl/α,β-unsaturated/α-hetero) is 1. The lowest BCUT2D eigenvalue weighted by Crippen LogP contribution is -2.56. The molecule has 1 rings (SSSR count). The number of aliphatic hydroxyl groups is 2. The van der Waals surface area contributed by atoms with Gasteiger partial charge in [-0.2, -0.15) is 0 Å². The molecule has 0 aliphatic heterocycles. The van der Waals surface area contributed by atoms with Crippen LogP contribution in [0.3, 0.4) is 0 Å². The average molecular weight is 366 g/mol. The molecular weight excluding hydrogens is 340 g/mol. The van der Waals surface area contributed by atoms with Gasteiger partial charge in [0.15, 0.2) is 11.8 Å². The molecule has 8 heteroatoms. The summed E-state index contributed by atoms with van der Waals surface area (Å²) in [7, 11) is 1.07. The van der Waals surface area contributed by atoms with Crippen LogP contribution in [0.1, 0.15) is 31.9 Å². The molecule has 0 unspecified atom stereocenters. The Morgan fingerprint density at radius 3 is 2.23 bits per heavy atom. The van der Waals surface area contributed by atoms with Gasteiger partial charge in [0.2, 0.25) is 5.91 Å². The molecule has 0 heterocycles. The topological polar surface area (TPSA) is 139 Å². The van der Waals surface area contributed by atoms with Crippen molar-refractivity contribution in [2.75, 3.05) is 7.11 Å². The van der Waals surface area contributed by atoms with Gasteiger partial charge < -0.3 is 26.0 Å². The Balaban J connectivity index is 2.84. The van der Waals surface area contributed by atoms with E-state index in [-0.39, 0.29) is 5.92 Å². The zero-order valence-electron chi connectivity index (χ0n) is 15.1. The van der Waals surface area contributed by atoms with Gasteiger partial charge in [-0.1, -0.05) is 44.2 Å². The van der Waals surface area contributed by atoms with Gasteiger partial charge in [0, 0.05) is 6.42 Å². The first kappa shape index (κ1) is 21.8. The number of rotatable bonds is 9. The number of carbonyl (C=O) groups excluding carboxylic acids is 3. The minimum Gasteiger partial charge on any atom is -0.467 e. The van der Waals surface area contributed by atoms with Crippen LogP contribution in [0.4, 0.5) is 0 Å². The lowest BCUT2D eigenvalue weighted by molar-refractivity contribution is -0.152. The Morgan fingerprint density at radius 1 is 1.15 bits per heavy atom. The summed E-state index contributed by atoms with van der Waals surface area (Å²) in [4.78, 5) is 36.2. The number of carbonyl (C=O) groups is 3. The number of ether oxygens (including phenoxy) is 1. The predicted octanol–water partition coefficient (Wildman–Crippen LogP) is -0.319. The number of hydrogen-bond acceptors (Lipinski definition) is 7. The van der Waals surface area contributed by atoms with Crippen LogP contribution in [0.5, 0.6) is 0 Å². The van der Waals surface area contributed by atoms with E-state index in [4.69, 9.17) is 5.73 Å². The molecule has 4 atom stereocenters. The minimum absolute atomic E-state index is 0.207. The number of amides is 1. The molecule has 8 nitrogen and oxygen atoms in total. The molecule has 0 saturated carbocycles. The van der Waals surface area contributed by atoms with Crippen LogP contribution in [0.15, 0.2) is 30.3 Å². The fourth-order valence-corrected chi connectivity index (χ4v) is 2.24. The second-order valence-electron chi connectivity index (χ2n) is 6.32. The highest BCUT2D eigenvalue weighted by Gasteiger charge is 2.36. The SMILES string of the molecule is COC(=O)[C@@H](NC(=O)[C@H](N)C(C)C)[C@H](O)C(=O)C[C@@H](O)c1ccccc1. The first-order chi connectivity index (χ1) is 12.2. The molecule has 26 heavy (non-hydrogen) atoms. The van der Waals surface area contributed by atoms with E-state index in [1.54, 1.807) is 44.2 Å². The molecule has 1 aromatic rings. The second-order valence-corrected chi connectivity index (χ2v) is 6.32. The van der Waals surface area contributed by atoms with Gasteiger partial charge in [-0.25, -0.2) is 4.79 Å². The molecule has 0 bridgehead atoms. The first-order valence-electron chi connectivity index (χ1n) is 8.26. The van der Waals surface area contributed by atoms with E-state index >= 15 is 0 Å². The minimum atomic E-state index is -1.87. The molecule has 1 aromatic carbocycles. The lowest BCUT2D eigenvalue weighted by atomic mass is 9.97. The van der Waals surface area contributed by atoms with Crippen molar-refractivity contribution in [1.29, 1.82) is 0 Å². The summed E-state index contributed by atoms with van der Waals surface area (Å²) in [5.74, 6) is -2.69. The Labute approximate surface area is 152 Å². The smallest absolute Gasteiger partial charge is 0.331 e. The number of benzene rings is 1. The third-order valence-electron chi connectivity index (χ3n) is 4.00. The second kappa shape index (κ2) is 10.0. The zero-order chi connectivity index (χ0) is 19.9. The number of nitrogens with one attached hydrogen (secondary N) is 1. The monoisotopic (exact) mass is 366 g/mol. The molecule has 0 aliphatic carbocycles. The quantitative estimate of drug-likeness (QED) is 0.439. The van der Waals surface area contributed by atoms with Crippen LogP contribution in [-0.4, -0.2) is 53.2 Å². The Morgan fingerprint density at radius 2 is 1.73 bits per heavy atom. The lowest BCUT2D eigenvalue weighted by Gasteiger charge is -2.24. The summed E-state index contributed by atoms with van der Waals surface area (Å²) in [5, 5.41) is 22.6. The van der Waals surface area contributed by atoms with Gasteiger partial charge in [-0.15, -0.1) is 0 Å². The highest BCUT2D eigenvalue weighted by Crippen LogP contribution is 2.18. The summed E-state index contributed by atoms with van der Waals surface area (Å²) in [6.07, 6.45) is -3.44. The van der Waals surface area contributed by atoms with Gasteiger partial charge in [-0.3, -0.25) is 9.59 Å². The normalized spacial score (nSPS) is 15.7. The van der Waals surface area contributed by atoms with Crippen molar-refractivity contribution >= 4 is 17.7 Å². The highest BCUT2D eigenvalue weighted by molar-refractivity contribution is 5.94. The van der Waals surface area contributed by atoms with Gasteiger partial charge in [-0.05, 0) is 11.5 Å². The summed E-state index contributed by atoms with van der Waals surface area (Å²) < 4.78 is 4.55. The van der Waals surface area contributed by atoms with Crippen molar-refractivity contribution in [2.24, 2.45) is 11.7 Å². The summed E-state index contributed by atoms with van der Waals surface area (Å²) >= 11 is 0. The van der Waals surface area contributed by atoms with Crippen LogP contribution in [0, 0.1) is 5.92 Å². The van der Waals surface area contributed by atoms with Crippen LogP contribution in [0.2, 0.25) is 0 Å². The fourth-order valence-electron chi connectivity index (χ4n) is 2.24. The first-order valence-corrected chi connectivity index (χ1v) is 8.26. The van der Waals surface area contributed by atoms with E-state index in [9.17, 15) is 24.6 Å². The molecule has 144 valence electrons. The molecule has 5 N–H and O–H groups in total. The maximum Gasteiger partial charge on any atom is 0.331 e. The van der Waals surface area contributed by atoms with Gasteiger partial charge in [0.05, 0.1) is 19.3 Å². The van der Waals surface area contributed by atoms with Crippen molar-refractivity contribution in [1.82, 2.24) is 5.32 Å². The molecule has 0 radical (unpaired) electrons. The van der Waals surface area contributed by atoms with Gasteiger partial charge in [0.1, 0.15) is 6.10 Å². The third-order valence-corrected chi connectivity index (χ3v) is 4.00. The number of methoxy groups -OCH3 is 1. The van der Waals surface area contributed by atoms with Crippen LogP contribution < -0.4 is 11.1 Å². The standard InChI is InChI=1S/C18H26N2O6/c1-10(2)14(19)17(24)20-15(18(25)26-3)16(23)13(22)9-12(21)11-7-5-4-6-8-11/h4-8,10,12,14-16,21,23H,9,19H2,1-3H3,(H,20,24)/t12-,14-,15+,16-/m1/s1. The molecule has 0 fully saturated rings. The van der Waals surface area contributed by atoms with E-state index in [1.165, 1.54) is 0 Å². The van der Waals surface area contributed by atoms with Crippen molar-refractivity contribution in [3.8, 4) is 0 Å². The van der Waals surface area contributed by atoms with Crippen LogP contribution in [-0.2, 0) is 19.1 Å². The molecular formula is C18H26N2O6. The molecule has 0 aromatic heterocycles. The Bertz CT molecular complexity index is 619. The summed E-state index contributed by atoms with van der Waals surface area (Å²) in [6.45, 7) is 3.43. The fraction of sp³-hybridized carbons (Fsp3) is 0.500.